The van der Waals surface area contributed by atoms with E-state index in [-0.39, 0.29) is 11.2 Å². The molecule has 1 aromatic heterocycles. The second kappa shape index (κ2) is 6.26. The third kappa shape index (κ3) is 3.27. The number of halogens is 1. The molecule has 1 N–H and O–H groups in total. The fraction of sp³-hybridized carbons (Fsp3) is 0.111. The third-order valence-corrected chi connectivity index (χ3v) is 3.74. The van der Waals surface area contributed by atoms with E-state index in [2.05, 4.69) is 5.32 Å². The summed E-state index contributed by atoms with van der Waals surface area (Å²) in [6.07, 6.45) is 0.826. The largest absolute Gasteiger partial charge is 0.451 e. The molecule has 4 nitrogen and oxygen atoms in total. The van der Waals surface area contributed by atoms with E-state index in [0.29, 0.717) is 21.7 Å². The third-order valence-electron chi connectivity index (χ3n) is 3.51. The van der Waals surface area contributed by atoms with E-state index in [9.17, 15) is 9.59 Å². The number of benzene rings is 2. The van der Waals surface area contributed by atoms with E-state index < -0.39 is 5.91 Å². The van der Waals surface area contributed by atoms with Gasteiger partial charge in [0, 0.05) is 16.8 Å². The quantitative estimate of drug-likeness (QED) is 0.781. The number of carbonyl (C=O) groups is 1. The first-order valence-electron chi connectivity index (χ1n) is 7.20. The number of hydrogen-bond acceptors (Lipinski definition) is 3. The predicted molar refractivity (Wildman–Crippen MR) is 91.3 cm³/mol. The summed E-state index contributed by atoms with van der Waals surface area (Å²) in [6.45, 7) is 2.01. The molecule has 0 aliphatic heterocycles. The van der Waals surface area contributed by atoms with Crippen LogP contribution in [-0.4, -0.2) is 5.91 Å². The molecule has 2 aromatic carbocycles. The van der Waals surface area contributed by atoms with E-state index in [1.165, 1.54) is 6.07 Å². The zero-order chi connectivity index (χ0) is 16.4. The molecule has 3 rings (SSSR count). The SMILES string of the molecule is CCc1ccc2oc(C(=O)Nc3cccc(Cl)c3)cc(=O)c2c1. The molecule has 3 aromatic rings. The number of nitrogens with one attached hydrogen (secondary N) is 1. The summed E-state index contributed by atoms with van der Waals surface area (Å²) in [7, 11) is 0. The van der Waals surface area contributed by atoms with Crippen LogP contribution in [0.15, 0.2) is 57.7 Å². The average Bonchev–Trinajstić information content (AvgIpc) is 2.54. The van der Waals surface area contributed by atoms with Crippen molar-refractivity contribution in [1.82, 2.24) is 0 Å². The van der Waals surface area contributed by atoms with Crippen molar-refractivity contribution < 1.29 is 9.21 Å². The molecule has 1 amide bonds. The van der Waals surface area contributed by atoms with Crippen molar-refractivity contribution in [2.75, 3.05) is 5.32 Å². The van der Waals surface area contributed by atoms with Gasteiger partial charge in [-0.1, -0.05) is 30.7 Å². The Balaban J connectivity index is 1.96. The van der Waals surface area contributed by atoms with Gasteiger partial charge in [-0.05, 0) is 42.3 Å². The standard InChI is InChI=1S/C18H14ClNO3/c1-2-11-6-7-16-14(8-11)15(21)10-17(23-16)18(22)20-13-5-3-4-12(19)9-13/h3-10H,2H2,1H3,(H,20,22). The lowest BCUT2D eigenvalue weighted by Crippen LogP contribution is -2.15. The van der Waals surface area contributed by atoms with E-state index in [4.69, 9.17) is 16.0 Å². The van der Waals surface area contributed by atoms with Gasteiger partial charge in [0.25, 0.3) is 5.91 Å². The molecular formula is C18H14ClNO3. The van der Waals surface area contributed by atoms with Gasteiger partial charge in [0.2, 0.25) is 0 Å². The normalized spacial score (nSPS) is 10.7. The Morgan fingerprint density at radius 3 is 2.74 bits per heavy atom. The number of aryl methyl sites for hydroxylation is 1. The van der Waals surface area contributed by atoms with Crippen molar-refractivity contribution in [3.05, 3.63) is 75.1 Å². The predicted octanol–water partition coefficient (Wildman–Crippen LogP) is 4.26. The van der Waals surface area contributed by atoms with Crippen LogP contribution in [0.2, 0.25) is 5.02 Å². The van der Waals surface area contributed by atoms with E-state index >= 15 is 0 Å². The Morgan fingerprint density at radius 1 is 1.17 bits per heavy atom. The van der Waals surface area contributed by atoms with Gasteiger partial charge in [0.15, 0.2) is 11.2 Å². The first-order chi connectivity index (χ1) is 11.1. The van der Waals surface area contributed by atoms with Gasteiger partial charge in [-0.25, -0.2) is 0 Å². The van der Waals surface area contributed by atoms with Crippen molar-refractivity contribution >= 4 is 34.2 Å². The van der Waals surface area contributed by atoms with Gasteiger partial charge in [-0.3, -0.25) is 9.59 Å². The Hall–Kier alpha value is -2.59. The number of anilines is 1. The van der Waals surface area contributed by atoms with Crippen molar-refractivity contribution in [1.29, 1.82) is 0 Å². The number of carbonyl (C=O) groups excluding carboxylic acids is 1. The molecular weight excluding hydrogens is 314 g/mol. The lowest BCUT2D eigenvalue weighted by Gasteiger charge is -2.06. The highest BCUT2D eigenvalue weighted by molar-refractivity contribution is 6.30. The lowest BCUT2D eigenvalue weighted by molar-refractivity contribution is 0.0997. The highest BCUT2D eigenvalue weighted by Gasteiger charge is 2.13. The molecule has 0 saturated heterocycles. The minimum absolute atomic E-state index is 0.0354. The van der Waals surface area contributed by atoms with Gasteiger partial charge in [0.1, 0.15) is 5.58 Å². The molecule has 116 valence electrons. The van der Waals surface area contributed by atoms with Gasteiger partial charge in [-0.15, -0.1) is 0 Å². The molecule has 23 heavy (non-hydrogen) atoms. The molecule has 0 fully saturated rings. The summed E-state index contributed by atoms with van der Waals surface area (Å²) in [5, 5.41) is 3.64. The highest BCUT2D eigenvalue weighted by atomic mass is 35.5. The topological polar surface area (TPSA) is 59.3 Å². The summed E-state index contributed by atoms with van der Waals surface area (Å²) >= 11 is 5.88. The summed E-state index contributed by atoms with van der Waals surface area (Å²) in [5.41, 5.74) is 1.73. The summed E-state index contributed by atoms with van der Waals surface area (Å²) in [6, 6.07) is 13.3. The maximum Gasteiger partial charge on any atom is 0.291 e. The molecule has 0 atom stereocenters. The summed E-state index contributed by atoms with van der Waals surface area (Å²) in [5.74, 6) is -0.530. The molecule has 0 bridgehead atoms. The number of fused-ring (bicyclic) bond motifs is 1. The average molecular weight is 328 g/mol. The van der Waals surface area contributed by atoms with Crippen LogP contribution >= 0.6 is 11.6 Å². The Kier molecular flexibility index (Phi) is 4.17. The van der Waals surface area contributed by atoms with Crippen LogP contribution in [0, 0.1) is 0 Å². The first-order valence-corrected chi connectivity index (χ1v) is 7.58. The monoisotopic (exact) mass is 327 g/mol. The zero-order valence-electron chi connectivity index (χ0n) is 12.4. The van der Waals surface area contributed by atoms with E-state index in [0.717, 1.165) is 12.0 Å². The molecule has 0 spiro atoms. The van der Waals surface area contributed by atoms with Crippen LogP contribution in [0.25, 0.3) is 11.0 Å². The fourth-order valence-electron chi connectivity index (χ4n) is 2.29. The van der Waals surface area contributed by atoms with Crippen LogP contribution in [0.1, 0.15) is 23.0 Å². The maximum absolute atomic E-state index is 12.3. The highest BCUT2D eigenvalue weighted by Crippen LogP contribution is 2.18. The van der Waals surface area contributed by atoms with Crippen molar-refractivity contribution in [3.8, 4) is 0 Å². The molecule has 0 radical (unpaired) electrons. The van der Waals surface area contributed by atoms with Crippen LogP contribution in [0.4, 0.5) is 5.69 Å². The van der Waals surface area contributed by atoms with Crippen LogP contribution in [-0.2, 0) is 6.42 Å². The summed E-state index contributed by atoms with van der Waals surface area (Å²) in [4.78, 5) is 24.5. The molecule has 0 unspecified atom stereocenters. The number of hydrogen-bond donors (Lipinski definition) is 1. The second-order valence-electron chi connectivity index (χ2n) is 5.12. The minimum atomic E-state index is -0.495. The fourth-order valence-corrected chi connectivity index (χ4v) is 2.48. The van der Waals surface area contributed by atoms with E-state index in [1.54, 1.807) is 36.4 Å². The van der Waals surface area contributed by atoms with Crippen LogP contribution in [0.5, 0.6) is 0 Å². The van der Waals surface area contributed by atoms with Crippen molar-refractivity contribution in [2.24, 2.45) is 0 Å². The Morgan fingerprint density at radius 2 is 2.00 bits per heavy atom. The smallest absolute Gasteiger partial charge is 0.291 e. The lowest BCUT2D eigenvalue weighted by atomic mass is 10.1. The van der Waals surface area contributed by atoms with Crippen molar-refractivity contribution in [2.45, 2.75) is 13.3 Å². The molecule has 5 heteroatoms. The molecule has 0 aliphatic carbocycles. The van der Waals surface area contributed by atoms with Gasteiger partial charge in [0.05, 0.1) is 5.39 Å². The number of rotatable bonds is 3. The van der Waals surface area contributed by atoms with E-state index in [1.807, 2.05) is 13.0 Å². The van der Waals surface area contributed by atoms with Crippen LogP contribution in [0.3, 0.4) is 0 Å². The van der Waals surface area contributed by atoms with Gasteiger partial charge < -0.3 is 9.73 Å². The second-order valence-corrected chi connectivity index (χ2v) is 5.56. The first kappa shape index (κ1) is 15.3. The molecule has 0 aliphatic rings. The molecule has 1 heterocycles. The Bertz CT molecular complexity index is 946. The van der Waals surface area contributed by atoms with Gasteiger partial charge in [-0.2, -0.15) is 0 Å². The van der Waals surface area contributed by atoms with Crippen LogP contribution < -0.4 is 10.7 Å². The minimum Gasteiger partial charge on any atom is -0.451 e. The maximum atomic E-state index is 12.3. The molecule has 0 saturated carbocycles. The Labute approximate surface area is 137 Å². The van der Waals surface area contributed by atoms with Gasteiger partial charge >= 0.3 is 0 Å². The number of amides is 1. The summed E-state index contributed by atoms with van der Waals surface area (Å²) < 4.78 is 5.56. The van der Waals surface area contributed by atoms with Crippen molar-refractivity contribution in [3.63, 3.8) is 0 Å². The zero-order valence-corrected chi connectivity index (χ0v) is 13.2.